The van der Waals surface area contributed by atoms with Crippen LogP contribution in [0.5, 0.6) is 5.75 Å². The Bertz CT molecular complexity index is 844. The van der Waals surface area contributed by atoms with Gasteiger partial charge in [0, 0.05) is 15.8 Å². The third-order valence-corrected chi connectivity index (χ3v) is 5.02. The van der Waals surface area contributed by atoms with Crippen LogP contribution in [-0.2, 0) is 0 Å². The Balaban J connectivity index is 1.77. The zero-order valence-electron chi connectivity index (χ0n) is 13.3. The van der Waals surface area contributed by atoms with Crippen LogP contribution >= 0.6 is 23.1 Å². The number of thiazole rings is 1. The lowest BCUT2D eigenvalue weighted by Crippen LogP contribution is -2.12. The summed E-state index contributed by atoms with van der Waals surface area (Å²) in [4.78, 5) is 17.9. The lowest BCUT2D eigenvalue weighted by atomic mass is 10.2. The average molecular weight is 356 g/mol. The number of amides is 1. The minimum atomic E-state index is -0.143. The number of ether oxygens (including phenoxy) is 1. The third-order valence-electron chi connectivity index (χ3n) is 3.46. The maximum atomic E-state index is 12.4. The Kier molecular flexibility index (Phi) is 5.17. The third kappa shape index (κ3) is 3.60. The Hall–Kier alpha value is -2.31. The highest BCUT2D eigenvalue weighted by atomic mass is 32.2. The summed E-state index contributed by atoms with van der Waals surface area (Å²) in [5.41, 5.74) is 2.47. The van der Waals surface area contributed by atoms with Crippen LogP contribution < -0.4 is 10.1 Å². The Labute approximate surface area is 148 Å². The molecule has 2 aromatic carbocycles. The number of nitrogens with one attached hydrogen (secondary N) is 1. The van der Waals surface area contributed by atoms with Crippen LogP contribution in [0.25, 0.3) is 11.3 Å². The van der Waals surface area contributed by atoms with E-state index in [1.54, 1.807) is 18.9 Å². The van der Waals surface area contributed by atoms with E-state index in [0.29, 0.717) is 10.7 Å². The van der Waals surface area contributed by atoms with Crippen LogP contribution in [0.15, 0.2) is 58.8 Å². The highest BCUT2D eigenvalue weighted by Crippen LogP contribution is 2.27. The van der Waals surface area contributed by atoms with Crippen molar-refractivity contribution < 1.29 is 9.53 Å². The van der Waals surface area contributed by atoms with Gasteiger partial charge in [0.2, 0.25) is 0 Å². The fourth-order valence-electron chi connectivity index (χ4n) is 2.22. The molecule has 0 saturated carbocycles. The van der Waals surface area contributed by atoms with Crippen molar-refractivity contribution in [1.82, 2.24) is 4.98 Å². The summed E-state index contributed by atoms with van der Waals surface area (Å²) in [6.07, 6.45) is 1.96. The lowest BCUT2D eigenvalue weighted by molar-refractivity contribution is 0.102. The number of carbonyl (C=O) groups excluding carboxylic acids is 1. The number of thioether (sulfide) groups is 1. The minimum absolute atomic E-state index is 0.143. The molecule has 0 saturated heterocycles. The van der Waals surface area contributed by atoms with Crippen molar-refractivity contribution in [2.24, 2.45) is 0 Å². The first-order chi connectivity index (χ1) is 11.7. The van der Waals surface area contributed by atoms with Gasteiger partial charge in [-0.15, -0.1) is 23.1 Å². The minimum Gasteiger partial charge on any atom is -0.497 e. The number of benzene rings is 2. The number of methoxy groups -OCH3 is 1. The number of hydrogen-bond donors (Lipinski definition) is 1. The van der Waals surface area contributed by atoms with Gasteiger partial charge in [0.1, 0.15) is 5.75 Å². The van der Waals surface area contributed by atoms with Crippen molar-refractivity contribution in [3.8, 4) is 17.0 Å². The topological polar surface area (TPSA) is 51.2 Å². The van der Waals surface area contributed by atoms with Crippen molar-refractivity contribution in [3.05, 3.63) is 59.5 Å². The van der Waals surface area contributed by atoms with E-state index < -0.39 is 0 Å². The number of nitrogens with zero attached hydrogens (tertiary/aromatic N) is 1. The summed E-state index contributed by atoms with van der Waals surface area (Å²) >= 11 is 2.96. The van der Waals surface area contributed by atoms with Gasteiger partial charge in [0.05, 0.1) is 18.4 Å². The van der Waals surface area contributed by atoms with E-state index in [9.17, 15) is 4.79 Å². The molecule has 1 heterocycles. The van der Waals surface area contributed by atoms with Gasteiger partial charge in [0.15, 0.2) is 5.13 Å². The maximum Gasteiger partial charge on any atom is 0.258 e. The van der Waals surface area contributed by atoms with E-state index >= 15 is 0 Å². The molecule has 0 aliphatic heterocycles. The number of anilines is 1. The lowest BCUT2D eigenvalue weighted by Gasteiger charge is -2.06. The maximum absolute atomic E-state index is 12.4. The molecule has 24 heavy (non-hydrogen) atoms. The summed E-state index contributed by atoms with van der Waals surface area (Å²) in [6.45, 7) is 0. The van der Waals surface area contributed by atoms with Crippen molar-refractivity contribution >= 4 is 34.1 Å². The quantitative estimate of drug-likeness (QED) is 0.668. The summed E-state index contributed by atoms with van der Waals surface area (Å²) in [5, 5.41) is 5.39. The molecular formula is C18H16N2O2S2. The molecule has 0 aliphatic carbocycles. The van der Waals surface area contributed by atoms with Crippen LogP contribution in [0.1, 0.15) is 10.4 Å². The monoisotopic (exact) mass is 356 g/mol. The fourth-order valence-corrected chi connectivity index (χ4v) is 3.53. The molecule has 122 valence electrons. The Morgan fingerprint density at radius 2 is 1.92 bits per heavy atom. The molecule has 0 spiro atoms. The zero-order valence-corrected chi connectivity index (χ0v) is 14.9. The van der Waals surface area contributed by atoms with E-state index in [1.165, 1.54) is 11.3 Å². The van der Waals surface area contributed by atoms with Gasteiger partial charge in [-0.2, -0.15) is 0 Å². The molecular weight excluding hydrogens is 340 g/mol. The first-order valence-corrected chi connectivity index (χ1v) is 9.36. The second-order valence-corrected chi connectivity index (χ2v) is 6.63. The summed E-state index contributed by atoms with van der Waals surface area (Å²) in [6, 6.07) is 15.2. The van der Waals surface area contributed by atoms with E-state index in [-0.39, 0.29) is 5.91 Å². The number of hydrogen-bond acceptors (Lipinski definition) is 5. The molecule has 0 aliphatic rings. The molecule has 1 N–H and O–H groups in total. The van der Waals surface area contributed by atoms with Gasteiger partial charge in [-0.3, -0.25) is 10.1 Å². The van der Waals surface area contributed by atoms with E-state index in [1.807, 2.05) is 60.2 Å². The first-order valence-electron chi connectivity index (χ1n) is 7.25. The van der Waals surface area contributed by atoms with Gasteiger partial charge in [0.25, 0.3) is 5.91 Å². The first kappa shape index (κ1) is 16.5. The van der Waals surface area contributed by atoms with Gasteiger partial charge >= 0.3 is 0 Å². The molecule has 4 nitrogen and oxygen atoms in total. The van der Waals surface area contributed by atoms with Crippen LogP contribution in [0.4, 0.5) is 5.13 Å². The molecule has 0 radical (unpaired) electrons. The standard InChI is InChI=1S/C18H16N2O2S2/c1-22-13-9-7-12(8-10-13)15-11-24-18(19-15)20-17(21)14-5-3-4-6-16(14)23-2/h3-11H,1-2H3,(H,19,20,21). The number of rotatable bonds is 5. The number of aromatic nitrogens is 1. The van der Waals surface area contributed by atoms with Gasteiger partial charge in [-0.1, -0.05) is 12.1 Å². The molecule has 3 rings (SSSR count). The second-order valence-electron chi connectivity index (χ2n) is 4.92. The van der Waals surface area contributed by atoms with Crippen LogP contribution in [0.2, 0.25) is 0 Å². The predicted molar refractivity (Wildman–Crippen MR) is 100 cm³/mol. The van der Waals surface area contributed by atoms with Crippen molar-refractivity contribution in [3.63, 3.8) is 0 Å². The van der Waals surface area contributed by atoms with Crippen LogP contribution in [0.3, 0.4) is 0 Å². The molecule has 0 fully saturated rings. The molecule has 1 aromatic heterocycles. The van der Waals surface area contributed by atoms with E-state index in [2.05, 4.69) is 10.3 Å². The van der Waals surface area contributed by atoms with Crippen molar-refractivity contribution in [2.75, 3.05) is 18.7 Å². The van der Waals surface area contributed by atoms with Crippen LogP contribution in [-0.4, -0.2) is 24.3 Å². The molecule has 0 bridgehead atoms. The number of carbonyl (C=O) groups is 1. The Morgan fingerprint density at radius 3 is 2.62 bits per heavy atom. The van der Waals surface area contributed by atoms with E-state index in [4.69, 9.17) is 4.74 Å². The fraction of sp³-hybridized carbons (Fsp3) is 0.111. The van der Waals surface area contributed by atoms with Crippen molar-refractivity contribution in [2.45, 2.75) is 4.90 Å². The Morgan fingerprint density at radius 1 is 1.17 bits per heavy atom. The highest BCUT2D eigenvalue weighted by molar-refractivity contribution is 7.98. The SMILES string of the molecule is COc1ccc(-c2csc(NC(=O)c3ccccc3SC)n2)cc1. The van der Waals surface area contributed by atoms with Gasteiger partial charge in [-0.05, 0) is 42.7 Å². The molecule has 1 amide bonds. The summed E-state index contributed by atoms with van der Waals surface area (Å²) in [5.74, 6) is 0.659. The normalized spacial score (nSPS) is 10.4. The highest BCUT2D eigenvalue weighted by Gasteiger charge is 2.13. The van der Waals surface area contributed by atoms with Gasteiger partial charge in [-0.25, -0.2) is 4.98 Å². The van der Waals surface area contributed by atoms with E-state index in [0.717, 1.165) is 21.9 Å². The molecule has 6 heteroatoms. The summed E-state index contributed by atoms with van der Waals surface area (Å²) < 4.78 is 5.16. The largest absolute Gasteiger partial charge is 0.497 e. The molecule has 0 unspecified atom stereocenters. The van der Waals surface area contributed by atoms with Crippen LogP contribution in [0, 0.1) is 0 Å². The predicted octanol–water partition coefficient (Wildman–Crippen LogP) is 4.79. The zero-order chi connectivity index (χ0) is 16.9. The molecule has 3 aromatic rings. The second kappa shape index (κ2) is 7.51. The smallest absolute Gasteiger partial charge is 0.258 e. The summed E-state index contributed by atoms with van der Waals surface area (Å²) in [7, 11) is 1.64. The van der Waals surface area contributed by atoms with Gasteiger partial charge < -0.3 is 4.74 Å². The average Bonchev–Trinajstić information content (AvgIpc) is 3.10. The molecule has 0 atom stereocenters. The van der Waals surface area contributed by atoms with Crippen molar-refractivity contribution in [1.29, 1.82) is 0 Å².